The highest BCUT2D eigenvalue weighted by atomic mass is 16.1. The first kappa shape index (κ1) is 20.3. The van der Waals surface area contributed by atoms with Crippen molar-refractivity contribution in [3.8, 4) is 0 Å². The summed E-state index contributed by atoms with van der Waals surface area (Å²) in [5, 5.41) is 3.24. The molecule has 164 valence electrons. The highest BCUT2D eigenvalue weighted by molar-refractivity contribution is 5.75. The van der Waals surface area contributed by atoms with E-state index in [9.17, 15) is 4.79 Å². The Morgan fingerprint density at radius 3 is 2.24 bits per heavy atom. The van der Waals surface area contributed by atoms with Gasteiger partial charge in [0.05, 0.1) is 0 Å². The summed E-state index contributed by atoms with van der Waals surface area (Å²) in [6, 6.07) is 0.576. The molecule has 6 fully saturated rings. The highest BCUT2D eigenvalue weighted by Crippen LogP contribution is 2.58. The minimum atomic E-state index is 0.288. The molecule has 0 radical (unpaired) electrons. The van der Waals surface area contributed by atoms with Crippen molar-refractivity contribution in [3.63, 3.8) is 0 Å². The van der Waals surface area contributed by atoms with Crippen LogP contribution in [-0.4, -0.2) is 60.0 Å². The van der Waals surface area contributed by atoms with E-state index in [1.165, 1.54) is 64.6 Å². The van der Waals surface area contributed by atoms with Crippen LogP contribution in [-0.2, 0) is 4.79 Å². The molecule has 4 nitrogen and oxygen atoms in total. The maximum atomic E-state index is 12.4. The summed E-state index contributed by atoms with van der Waals surface area (Å²) in [5.74, 6) is 4.20. The highest BCUT2D eigenvalue weighted by Gasteiger charge is 2.53. The van der Waals surface area contributed by atoms with Crippen LogP contribution in [0.3, 0.4) is 0 Å². The van der Waals surface area contributed by atoms with Crippen LogP contribution in [0.2, 0.25) is 0 Å². The smallest absolute Gasteiger partial charge is 0.220 e. The van der Waals surface area contributed by atoms with Gasteiger partial charge >= 0.3 is 0 Å². The lowest BCUT2D eigenvalue weighted by atomic mass is 9.52. The molecule has 1 atom stereocenters. The second-order valence-corrected chi connectivity index (χ2v) is 11.3. The lowest BCUT2D eigenvalue weighted by Crippen LogP contribution is -2.61. The molecule has 0 spiro atoms. The van der Waals surface area contributed by atoms with Gasteiger partial charge in [-0.25, -0.2) is 0 Å². The quantitative estimate of drug-likeness (QED) is 0.699. The normalized spacial score (nSPS) is 40.6. The topological polar surface area (TPSA) is 35.6 Å². The fourth-order valence-corrected chi connectivity index (χ4v) is 8.35. The SMILES string of the molecule is CCN1CCCC1CNC(=O)CCC1CCN(C23CC4CC(CC(C4)C2)C3)CC1. The number of nitrogens with zero attached hydrogens (tertiary/aromatic N) is 2. The zero-order chi connectivity index (χ0) is 19.8. The van der Waals surface area contributed by atoms with Crippen LogP contribution in [0.5, 0.6) is 0 Å². The predicted molar refractivity (Wildman–Crippen MR) is 118 cm³/mol. The number of nitrogens with one attached hydrogen (secondary N) is 1. The Morgan fingerprint density at radius 2 is 1.62 bits per heavy atom. The molecule has 0 aromatic rings. The van der Waals surface area contributed by atoms with Gasteiger partial charge in [0.25, 0.3) is 0 Å². The molecule has 4 aliphatic carbocycles. The van der Waals surface area contributed by atoms with Gasteiger partial charge in [-0.05, 0) is 120 Å². The van der Waals surface area contributed by atoms with Crippen molar-refractivity contribution in [2.24, 2.45) is 23.7 Å². The number of amides is 1. The Balaban J connectivity index is 1.03. The number of likely N-dealkylation sites (tertiary alicyclic amines) is 2. The molecular formula is C25H43N3O. The van der Waals surface area contributed by atoms with E-state index in [1.54, 1.807) is 19.3 Å². The molecule has 2 heterocycles. The van der Waals surface area contributed by atoms with Crippen LogP contribution in [0.1, 0.15) is 84.0 Å². The molecule has 2 saturated heterocycles. The van der Waals surface area contributed by atoms with Crippen molar-refractivity contribution < 1.29 is 4.79 Å². The number of hydrogen-bond acceptors (Lipinski definition) is 3. The van der Waals surface area contributed by atoms with Gasteiger partial charge in [0.2, 0.25) is 5.91 Å². The van der Waals surface area contributed by atoms with Crippen molar-refractivity contribution >= 4 is 5.91 Å². The fourth-order valence-electron chi connectivity index (χ4n) is 8.35. The summed E-state index contributed by atoms with van der Waals surface area (Å²) >= 11 is 0. The third kappa shape index (κ3) is 4.26. The van der Waals surface area contributed by atoms with Crippen LogP contribution in [0.25, 0.3) is 0 Å². The molecule has 1 amide bonds. The van der Waals surface area contributed by atoms with Gasteiger partial charge in [-0.2, -0.15) is 0 Å². The van der Waals surface area contributed by atoms with Gasteiger partial charge in [0.15, 0.2) is 0 Å². The maximum absolute atomic E-state index is 12.4. The van der Waals surface area contributed by atoms with Gasteiger partial charge in [0.1, 0.15) is 0 Å². The summed E-state index contributed by atoms with van der Waals surface area (Å²) in [4.78, 5) is 17.8. The van der Waals surface area contributed by atoms with E-state index in [-0.39, 0.29) is 5.91 Å². The van der Waals surface area contributed by atoms with Crippen LogP contribution >= 0.6 is 0 Å². The summed E-state index contributed by atoms with van der Waals surface area (Å²) in [7, 11) is 0. The third-order valence-corrected chi connectivity index (χ3v) is 9.51. The number of rotatable bonds is 7. The molecule has 0 aromatic carbocycles. The number of carbonyl (C=O) groups is 1. The Labute approximate surface area is 178 Å². The molecule has 6 rings (SSSR count). The second kappa shape index (κ2) is 8.49. The summed E-state index contributed by atoms with van der Waals surface area (Å²) in [6.07, 6.45) is 16.1. The van der Waals surface area contributed by atoms with E-state index in [4.69, 9.17) is 0 Å². The van der Waals surface area contributed by atoms with Crippen LogP contribution in [0.15, 0.2) is 0 Å². The van der Waals surface area contributed by atoms with Crippen molar-refractivity contribution in [2.45, 2.75) is 95.6 Å². The molecule has 1 N–H and O–H groups in total. The van der Waals surface area contributed by atoms with Gasteiger partial charge in [-0.1, -0.05) is 6.92 Å². The van der Waals surface area contributed by atoms with E-state index in [1.807, 2.05) is 0 Å². The molecular weight excluding hydrogens is 358 g/mol. The van der Waals surface area contributed by atoms with E-state index in [0.717, 1.165) is 49.6 Å². The number of piperidine rings is 1. The van der Waals surface area contributed by atoms with Crippen molar-refractivity contribution in [3.05, 3.63) is 0 Å². The number of hydrogen-bond donors (Lipinski definition) is 1. The van der Waals surface area contributed by atoms with E-state index >= 15 is 0 Å². The van der Waals surface area contributed by atoms with Crippen LogP contribution < -0.4 is 5.32 Å². The minimum Gasteiger partial charge on any atom is -0.355 e. The minimum absolute atomic E-state index is 0.288. The predicted octanol–water partition coefficient (Wildman–Crippen LogP) is 4.05. The van der Waals surface area contributed by atoms with Crippen molar-refractivity contribution in [2.75, 3.05) is 32.7 Å². The van der Waals surface area contributed by atoms with Crippen molar-refractivity contribution in [1.29, 1.82) is 0 Å². The Morgan fingerprint density at radius 1 is 0.966 bits per heavy atom. The van der Waals surface area contributed by atoms with Gasteiger partial charge < -0.3 is 5.32 Å². The number of carbonyl (C=O) groups excluding carboxylic acids is 1. The van der Waals surface area contributed by atoms with Gasteiger partial charge in [-0.15, -0.1) is 0 Å². The average molecular weight is 402 g/mol. The van der Waals surface area contributed by atoms with Crippen molar-refractivity contribution in [1.82, 2.24) is 15.1 Å². The summed E-state index contributed by atoms with van der Waals surface area (Å²) in [5.41, 5.74) is 0.587. The third-order valence-electron chi connectivity index (χ3n) is 9.51. The molecule has 4 saturated carbocycles. The molecule has 2 aliphatic heterocycles. The zero-order valence-corrected chi connectivity index (χ0v) is 18.7. The Bertz CT molecular complexity index is 547. The second-order valence-electron chi connectivity index (χ2n) is 11.3. The zero-order valence-electron chi connectivity index (χ0n) is 18.7. The summed E-state index contributed by atoms with van der Waals surface area (Å²) in [6.45, 7) is 8.01. The average Bonchev–Trinajstić information content (AvgIpc) is 3.18. The standard InChI is InChI=1S/C25H43N3O/c1-2-27-9-3-4-23(27)18-26-24(29)6-5-19-7-10-28(11-8-19)25-15-20-12-21(16-25)14-22(13-20)17-25/h19-23H,2-18H2,1H3,(H,26,29). The maximum Gasteiger partial charge on any atom is 0.220 e. The van der Waals surface area contributed by atoms with E-state index in [2.05, 4.69) is 22.0 Å². The largest absolute Gasteiger partial charge is 0.355 e. The summed E-state index contributed by atoms with van der Waals surface area (Å²) < 4.78 is 0. The molecule has 4 bridgehead atoms. The van der Waals surface area contributed by atoms with E-state index in [0.29, 0.717) is 11.6 Å². The fraction of sp³-hybridized carbons (Fsp3) is 0.960. The monoisotopic (exact) mass is 401 g/mol. The van der Waals surface area contributed by atoms with Crippen LogP contribution in [0.4, 0.5) is 0 Å². The number of likely N-dealkylation sites (N-methyl/N-ethyl adjacent to an activating group) is 1. The lowest BCUT2D eigenvalue weighted by molar-refractivity contribution is -0.122. The van der Waals surface area contributed by atoms with Crippen LogP contribution in [0, 0.1) is 23.7 Å². The van der Waals surface area contributed by atoms with E-state index < -0.39 is 0 Å². The van der Waals surface area contributed by atoms with Gasteiger partial charge in [0, 0.05) is 24.5 Å². The molecule has 6 aliphatic rings. The first-order valence-corrected chi connectivity index (χ1v) is 12.9. The Kier molecular flexibility index (Phi) is 5.95. The molecule has 0 aromatic heterocycles. The first-order chi connectivity index (χ1) is 14.1. The lowest BCUT2D eigenvalue weighted by Gasteiger charge is -2.61. The molecule has 4 heteroatoms. The Hall–Kier alpha value is -0.610. The first-order valence-electron chi connectivity index (χ1n) is 12.9. The molecule has 1 unspecified atom stereocenters. The van der Waals surface area contributed by atoms with Gasteiger partial charge in [-0.3, -0.25) is 14.6 Å². The molecule has 29 heavy (non-hydrogen) atoms.